The second-order valence-corrected chi connectivity index (χ2v) is 7.87. The summed E-state index contributed by atoms with van der Waals surface area (Å²) in [6.07, 6.45) is 1.50. The van der Waals surface area contributed by atoms with E-state index in [-0.39, 0.29) is 35.9 Å². The zero-order chi connectivity index (χ0) is 22.1. The molecule has 4 rings (SSSR count). The van der Waals surface area contributed by atoms with E-state index in [0.717, 1.165) is 10.5 Å². The van der Waals surface area contributed by atoms with E-state index in [0.29, 0.717) is 35.8 Å². The summed E-state index contributed by atoms with van der Waals surface area (Å²) < 4.78 is 11.2. The maximum Gasteiger partial charge on any atom is 0.261 e. The van der Waals surface area contributed by atoms with Crippen LogP contribution in [-0.2, 0) is 0 Å². The first kappa shape index (κ1) is 20.7. The Hall–Kier alpha value is -3.61. The van der Waals surface area contributed by atoms with E-state index < -0.39 is 5.91 Å². The summed E-state index contributed by atoms with van der Waals surface area (Å²) in [5, 5.41) is 3.05. The molecule has 1 N–H and O–H groups in total. The van der Waals surface area contributed by atoms with E-state index in [4.69, 9.17) is 9.47 Å². The van der Waals surface area contributed by atoms with Gasteiger partial charge in [-0.25, -0.2) is 0 Å². The molecule has 0 aliphatic carbocycles. The van der Waals surface area contributed by atoms with Crippen LogP contribution in [0.4, 0.5) is 0 Å². The molecule has 0 aromatic heterocycles. The van der Waals surface area contributed by atoms with Gasteiger partial charge in [-0.2, -0.15) is 0 Å². The summed E-state index contributed by atoms with van der Waals surface area (Å²) in [4.78, 5) is 39.1. The molecule has 0 radical (unpaired) electrons. The van der Waals surface area contributed by atoms with Crippen molar-refractivity contribution in [2.75, 3.05) is 19.8 Å². The Morgan fingerprint density at radius 2 is 1.77 bits per heavy atom. The molecule has 7 nitrogen and oxygen atoms in total. The number of hydrogen-bond acceptors (Lipinski definition) is 5. The van der Waals surface area contributed by atoms with E-state index in [9.17, 15) is 14.4 Å². The highest BCUT2D eigenvalue weighted by Crippen LogP contribution is 2.34. The highest BCUT2D eigenvalue weighted by molar-refractivity contribution is 6.22. The Balaban J connectivity index is 1.58. The van der Waals surface area contributed by atoms with Crippen molar-refractivity contribution in [1.29, 1.82) is 0 Å². The molecule has 0 unspecified atom stereocenters. The van der Waals surface area contributed by atoms with Crippen molar-refractivity contribution in [1.82, 2.24) is 10.2 Å². The number of carbonyl (C=O) groups excluding carboxylic acids is 3. The lowest BCUT2D eigenvalue weighted by molar-refractivity contribution is 0.0672. The lowest BCUT2D eigenvalue weighted by atomic mass is 9.95. The minimum Gasteiger partial charge on any atom is -0.486 e. The quantitative estimate of drug-likeness (QED) is 0.572. The topological polar surface area (TPSA) is 84.9 Å². The van der Waals surface area contributed by atoms with Crippen molar-refractivity contribution in [2.24, 2.45) is 5.92 Å². The molecule has 1 atom stereocenters. The smallest absolute Gasteiger partial charge is 0.261 e. The molecule has 3 amide bonds. The molecule has 0 fully saturated rings. The monoisotopic (exact) mass is 420 g/mol. The molecule has 7 heteroatoms. The fourth-order valence-electron chi connectivity index (χ4n) is 3.84. The lowest BCUT2D eigenvalue weighted by Gasteiger charge is -2.25. The Labute approximate surface area is 180 Å². The van der Waals surface area contributed by atoms with Crippen LogP contribution in [0.2, 0.25) is 0 Å². The molecule has 0 bridgehead atoms. The molecule has 2 heterocycles. The minimum absolute atomic E-state index is 0.104. The van der Waals surface area contributed by atoms with Crippen LogP contribution in [0, 0.1) is 5.92 Å². The highest BCUT2D eigenvalue weighted by atomic mass is 16.6. The number of hydrogen-bond donors (Lipinski definition) is 1. The van der Waals surface area contributed by atoms with E-state index in [1.807, 2.05) is 32.0 Å². The lowest BCUT2D eigenvalue weighted by Crippen LogP contribution is -2.32. The van der Waals surface area contributed by atoms with Crippen LogP contribution in [0.25, 0.3) is 0 Å². The van der Waals surface area contributed by atoms with Crippen LogP contribution in [0.5, 0.6) is 11.5 Å². The van der Waals surface area contributed by atoms with Gasteiger partial charge in [0.25, 0.3) is 17.7 Å². The number of nitrogens with zero attached hydrogens (tertiary/aromatic N) is 1. The van der Waals surface area contributed by atoms with Crippen molar-refractivity contribution in [2.45, 2.75) is 19.9 Å². The number of imide groups is 1. The Morgan fingerprint density at radius 1 is 1.06 bits per heavy atom. The standard InChI is InChI=1S/C24H24N2O5/c1-4-9-26-23(28)17-7-5-16(12-18(17)24(26)29)22(27)25-21(14(2)3)15-6-8-19-20(13-15)31-11-10-30-19/h4-8,12-14,21H,1,9-11H2,2-3H3,(H,25,27)/t21-/m1/s1. The number of fused-ring (bicyclic) bond motifs is 2. The number of nitrogens with one attached hydrogen (secondary N) is 1. The zero-order valence-corrected chi connectivity index (χ0v) is 17.5. The molecular formula is C24H24N2O5. The van der Waals surface area contributed by atoms with Crippen LogP contribution in [0.3, 0.4) is 0 Å². The van der Waals surface area contributed by atoms with E-state index in [1.54, 1.807) is 6.07 Å². The fourth-order valence-corrected chi connectivity index (χ4v) is 3.84. The van der Waals surface area contributed by atoms with Gasteiger partial charge in [0, 0.05) is 12.1 Å². The van der Waals surface area contributed by atoms with Gasteiger partial charge in [-0.05, 0) is 41.8 Å². The van der Waals surface area contributed by atoms with Gasteiger partial charge in [-0.15, -0.1) is 6.58 Å². The molecule has 2 aromatic carbocycles. The van der Waals surface area contributed by atoms with Crippen LogP contribution < -0.4 is 14.8 Å². The molecular weight excluding hydrogens is 396 g/mol. The molecule has 0 spiro atoms. The van der Waals surface area contributed by atoms with Crippen LogP contribution in [0.1, 0.15) is 56.5 Å². The summed E-state index contributed by atoms with van der Waals surface area (Å²) in [5.41, 5.74) is 1.76. The molecule has 2 aromatic rings. The van der Waals surface area contributed by atoms with Crippen molar-refractivity contribution < 1.29 is 23.9 Å². The second-order valence-electron chi connectivity index (χ2n) is 7.87. The fraction of sp³-hybridized carbons (Fsp3) is 0.292. The predicted octanol–water partition coefficient (Wildman–Crippen LogP) is 3.37. The number of rotatable bonds is 6. The van der Waals surface area contributed by atoms with Gasteiger partial charge in [0.15, 0.2) is 11.5 Å². The first-order valence-electron chi connectivity index (χ1n) is 10.2. The largest absolute Gasteiger partial charge is 0.486 e. The predicted molar refractivity (Wildman–Crippen MR) is 114 cm³/mol. The molecule has 2 aliphatic rings. The van der Waals surface area contributed by atoms with Gasteiger partial charge in [0.05, 0.1) is 17.2 Å². The Bertz CT molecular complexity index is 1080. The summed E-state index contributed by atoms with van der Waals surface area (Å²) in [6.45, 7) is 8.74. The van der Waals surface area contributed by atoms with Gasteiger partial charge in [-0.3, -0.25) is 19.3 Å². The van der Waals surface area contributed by atoms with Gasteiger partial charge in [0.2, 0.25) is 0 Å². The van der Waals surface area contributed by atoms with Crippen LogP contribution >= 0.6 is 0 Å². The molecule has 31 heavy (non-hydrogen) atoms. The van der Waals surface area contributed by atoms with E-state index in [2.05, 4.69) is 11.9 Å². The maximum atomic E-state index is 13.0. The number of amides is 3. The molecule has 160 valence electrons. The molecule has 2 aliphatic heterocycles. The average molecular weight is 420 g/mol. The van der Waals surface area contributed by atoms with Gasteiger partial charge in [0.1, 0.15) is 13.2 Å². The zero-order valence-electron chi connectivity index (χ0n) is 17.5. The third kappa shape index (κ3) is 3.79. The second kappa shape index (κ2) is 8.26. The van der Waals surface area contributed by atoms with Crippen molar-refractivity contribution in [3.05, 3.63) is 71.3 Å². The minimum atomic E-state index is -0.415. The first-order valence-corrected chi connectivity index (χ1v) is 10.2. The van der Waals surface area contributed by atoms with E-state index in [1.165, 1.54) is 18.2 Å². The SMILES string of the molecule is C=CCN1C(=O)c2ccc(C(=O)N[C@@H](c3ccc4c(c3)OCCO4)C(C)C)cc2C1=O. The van der Waals surface area contributed by atoms with Crippen molar-refractivity contribution in [3.8, 4) is 11.5 Å². The van der Waals surface area contributed by atoms with Crippen LogP contribution in [0.15, 0.2) is 49.1 Å². The third-order valence-electron chi connectivity index (χ3n) is 5.42. The van der Waals surface area contributed by atoms with Gasteiger partial charge < -0.3 is 14.8 Å². The number of carbonyl (C=O) groups is 3. The van der Waals surface area contributed by atoms with Gasteiger partial charge >= 0.3 is 0 Å². The Morgan fingerprint density at radius 3 is 2.48 bits per heavy atom. The van der Waals surface area contributed by atoms with Crippen molar-refractivity contribution in [3.63, 3.8) is 0 Å². The number of benzene rings is 2. The summed E-state index contributed by atoms with van der Waals surface area (Å²) in [7, 11) is 0. The molecule has 0 saturated carbocycles. The van der Waals surface area contributed by atoms with Crippen molar-refractivity contribution >= 4 is 17.7 Å². The maximum absolute atomic E-state index is 13.0. The summed E-state index contributed by atoms with van der Waals surface area (Å²) in [6, 6.07) is 9.95. The molecule has 0 saturated heterocycles. The normalized spacial score (nSPS) is 15.6. The van der Waals surface area contributed by atoms with Crippen LogP contribution in [-0.4, -0.2) is 42.4 Å². The van der Waals surface area contributed by atoms with E-state index >= 15 is 0 Å². The third-order valence-corrected chi connectivity index (χ3v) is 5.42. The number of ether oxygens (including phenoxy) is 2. The average Bonchev–Trinajstić information content (AvgIpc) is 3.01. The van der Waals surface area contributed by atoms with Gasteiger partial charge in [-0.1, -0.05) is 26.0 Å². The summed E-state index contributed by atoms with van der Waals surface area (Å²) >= 11 is 0. The first-order chi connectivity index (χ1) is 14.9. The summed E-state index contributed by atoms with van der Waals surface area (Å²) in [5.74, 6) is 0.346. The highest BCUT2D eigenvalue weighted by Gasteiger charge is 2.35. The Kier molecular flexibility index (Phi) is 5.50.